The predicted octanol–water partition coefficient (Wildman–Crippen LogP) is 5.79. The van der Waals surface area contributed by atoms with Crippen LogP contribution in [0.1, 0.15) is 68.7 Å². The summed E-state index contributed by atoms with van der Waals surface area (Å²) in [5, 5.41) is 11.5. The van der Waals surface area contributed by atoms with Crippen molar-refractivity contribution in [1.29, 1.82) is 0 Å². The van der Waals surface area contributed by atoms with Crippen LogP contribution in [0.25, 0.3) is 10.9 Å². The smallest absolute Gasteiger partial charge is 0.215 e. The van der Waals surface area contributed by atoms with Crippen LogP contribution in [0.5, 0.6) is 5.75 Å². The van der Waals surface area contributed by atoms with Crippen LogP contribution >= 0.6 is 0 Å². The van der Waals surface area contributed by atoms with Crippen LogP contribution in [-0.2, 0) is 10.8 Å². The number of H-pyrrole nitrogens is 1. The summed E-state index contributed by atoms with van der Waals surface area (Å²) in [5.41, 5.74) is 4.97. The van der Waals surface area contributed by atoms with Crippen molar-refractivity contribution in [2.75, 3.05) is 0 Å². The van der Waals surface area contributed by atoms with E-state index in [1.54, 1.807) is 0 Å². The molecule has 1 aromatic heterocycles. The van der Waals surface area contributed by atoms with Crippen molar-refractivity contribution in [3.63, 3.8) is 0 Å². The monoisotopic (exact) mass is 374 g/mol. The van der Waals surface area contributed by atoms with E-state index >= 15 is 0 Å². The highest BCUT2D eigenvalue weighted by Gasteiger charge is 2.31. The summed E-state index contributed by atoms with van der Waals surface area (Å²) in [6, 6.07) is 11.7. The standard InChI is InChI=1S/C24H26N2O2/c1-23(2,3)13-7-9-15-17(11-13)25-19(21(15)27)20-22(28)16-10-8-14(24(4,5)6)12-18(16)26-20/h7-12,25,27H,1-6H3. The first kappa shape index (κ1) is 18.5. The third-order valence-corrected chi connectivity index (χ3v) is 5.43. The van der Waals surface area contributed by atoms with E-state index in [0.29, 0.717) is 22.3 Å². The van der Waals surface area contributed by atoms with Crippen molar-refractivity contribution in [3.05, 3.63) is 58.8 Å². The van der Waals surface area contributed by atoms with Crippen molar-refractivity contribution < 1.29 is 9.90 Å². The molecule has 0 radical (unpaired) electrons. The van der Waals surface area contributed by atoms with Crippen LogP contribution in [0.2, 0.25) is 0 Å². The number of aliphatic imine (C=N–C) groups is 1. The highest BCUT2D eigenvalue weighted by Crippen LogP contribution is 2.38. The molecular formula is C24H26N2O2. The number of Topliss-reactive ketones (excluding diaryl/α,β-unsaturated/α-hetero) is 1. The number of nitrogens with one attached hydrogen (secondary N) is 1. The van der Waals surface area contributed by atoms with Crippen LogP contribution in [0.15, 0.2) is 41.4 Å². The number of hydrogen-bond acceptors (Lipinski definition) is 3. The molecule has 4 rings (SSSR count). The largest absolute Gasteiger partial charge is 0.505 e. The van der Waals surface area contributed by atoms with Gasteiger partial charge in [0.05, 0.1) is 11.2 Å². The van der Waals surface area contributed by atoms with Gasteiger partial charge in [0.2, 0.25) is 5.78 Å². The van der Waals surface area contributed by atoms with Gasteiger partial charge < -0.3 is 10.1 Å². The Kier molecular flexibility index (Phi) is 3.83. The first-order valence-corrected chi connectivity index (χ1v) is 9.60. The fourth-order valence-corrected chi connectivity index (χ4v) is 3.57. The van der Waals surface area contributed by atoms with Crippen molar-refractivity contribution in [1.82, 2.24) is 4.98 Å². The fraction of sp³-hybridized carbons (Fsp3) is 0.333. The second-order valence-corrected chi connectivity index (χ2v) is 9.63. The maximum Gasteiger partial charge on any atom is 0.215 e. The number of carbonyl (C=O) groups excluding carboxylic acids is 1. The van der Waals surface area contributed by atoms with Crippen molar-refractivity contribution in [3.8, 4) is 5.75 Å². The molecule has 1 aliphatic heterocycles. The normalized spacial score (nSPS) is 14.5. The van der Waals surface area contributed by atoms with E-state index in [2.05, 4.69) is 51.5 Å². The Bertz CT molecular complexity index is 1150. The number of aromatic hydroxyl groups is 1. The van der Waals surface area contributed by atoms with Crippen LogP contribution in [0.3, 0.4) is 0 Å². The van der Waals surface area contributed by atoms with E-state index in [9.17, 15) is 9.90 Å². The van der Waals surface area contributed by atoms with Gasteiger partial charge in [0.25, 0.3) is 0 Å². The molecule has 0 amide bonds. The topological polar surface area (TPSA) is 65.4 Å². The summed E-state index contributed by atoms with van der Waals surface area (Å²) >= 11 is 0. The molecule has 0 bridgehead atoms. The third-order valence-electron chi connectivity index (χ3n) is 5.43. The molecule has 28 heavy (non-hydrogen) atoms. The van der Waals surface area contributed by atoms with Crippen LogP contribution in [0.4, 0.5) is 5.69 Å². The number of nitrogens with zero attached hydrogens (tertiary/aromatic N) is 1. The third kappa shape index (κ3) is 2.84. The lowest BCUT2D eigenvalue weighted by Gasteiger charge is -2.19. The Hall–Kier alpha value is -2.88. The molecule has 4 heteroatoms. The van der Waals surface area contributed by atoms with Crippen LogP contribution in [0, 0.1) is 0 Å². The molecule has 3 aromatic rings. The summed E-state index contributed by atoms with van der Waals surface area (Å²) in [7, 11) is 0. The van der Waals surface area contributed by atoms with Crippen LogP contribution in [-0.4, -0.2) is 21.6 Å². The Morgan fingerprint density at radius 2 is 1.50 bits per heavy atom. The minimum Gasteiger partial charge on any atom is -0.505 e. The van der Waals surface area contributed by atoms with Crippen LogP contribution < -0.4 is 0 Å². The summed E-state index contributed by atoms with van der Waals surface area (Å²) in [4.78, 5) is 20.8. The highest BCUT2D eigenvalue weighted by molar-refractivity contribution is 6.55. The molecule has 0 aliphatic carbocycles. The Labute approximate surface area is 165 Å². The molecule has 2 heterocycles. The molecule has 2 N–H and O–H groups in total. The van der Waals surface area contributed by atoms with Gasteiger partial charge in [-0.1, -0.05) is 53.7 Å². The molecule has 0 spiro atoms. The summed E-state index contributed by atoms with van der Waals surface area (Å²) in [6.07, 6.45) is 0. The number of rotatable bonds is 1. The van der Waals surface area contributed by atoms with Gasteiger partial charge in [-0.25, -0.2) is 4.99 Å². The number of carbonyl (C=O) groups is 1. The second kappa shape index (κ2) is 5.81. The van der Waals surface area contributed by atoms with Gasteiger partial charge in [0.1, 0.15) is 11.4 Å². The van der Waals surface area contributed by atoms with Crippen molar-refractivity contribution in [2.45, 2.75) is 52.4 Å². The van der Waals surface area contributed by atoms with E-state index in [1.807, 2.05) is 36.4 Å². The number of aromatic amines is 1. The maximum absolute atomic E-state index is 13.0. The molecular weight excluding hydrogens is 348 g/mol. The van der Waals surface area contributed by atoms with Gasteiger partial charge in [-0.3, -0.25) is 4.79 Å². The number of benzene rings is 2. The van der Waals surface area contributed by atoms with E-state index in [0.717, 1.165) is 16.6 Å². The van der Waals surface area contributed by atoms with E-state index in [4.69, 9.17) is 0 Å². The fourth-order valence-electron chi connectivity index (χ4n) is 3.57. The Morgan fingerprint density at radius 3 is 2.14 bits per heavy atom. The summed E-state index contributed by atoms with van der Waals surface area (Å²) < 4.78 is 0. The first-order chi connectivity index (χ1) is 13.0. The first-order valence-electron chi connectivity index (χ1n) is 9.60. The number of hydrogen-bond donors (Lipinski definition) is 2. The number of ketones is 1. The molecule has 0 unspecified atom stereocenters. The molecule has 4 nitrogen and oxygen atoms in total. The summed E-state index contributed by atoms with van der Waals surface area (Å²) in [5.74, 6) is -0.0835. The molecule has 0 fully saturated rings. The van der Waals surface area contributed by atoms with Crippen molar-refractivity contribution in [2.24, 2.45) is 4.99 Å². The zero-order valence-corrected chi connectivity index (χ0v) is 17.3. The van der Waals surface area contributed by atoms with Gasteiger partial charge in [-0.2, -0.15) is 0 Å². The highest BCUT2D eigenvalue weighted by atomic mass is 16.3. The number of aromatic nitrogens is 1. The summed E-state index contributed by atoms with van der Waals surface area (Å²) in [6.45, 7) is 12.8. The SMILES string of the molecule is CC(C)(C)c1ccc2c(c1)N=C(c1[nH]c3cc(C(C)(C)C)ccc3c1O)C2=O. The molecule has 0 saturated carbocycles. The Balaban J connectivity index is 1.83. The number of fused-ring (bicyclic) bond motifs is 2. The lowest BCUT2D eigenvalue weighted by molar-refractivity contribution is 0.106. The maximum atomic E-state index is 13.0. The van der Waals surface area contributed by atoms with Gasteiger partial charge in [-0.15, -0.1) is 0 Å². The second-order valence-electron chi connectivity index (χ2n) is 9.63. The average molecular weight is 374 g/mol. The minimum atomic E-state index is -0.159. The van der Waals surface area contributed by atoms with E-state index in [1.165, 1.54) is 0 Å². The zero-order valence-electron chi connectivity index (χ0n) is 17.3. The lowest BCUT2D eigenvalue weighted by Crippen LogP contribution is -2.13. The van der Waals surface area contributed by atoms with Crippen molar-refractivity contribution >= 4 is 28.1 Å². The quantitative estimate of drug-likeness (QED) is 0.566. The van der Waals surface area contributed by atoms with Gasteiger partial charge >= 0.3 is 0 Å². The average Bonchev–Trinajstić information content (AvgIpc) is 3.10. The molecule has 144 valence electrons. The molecule has 0 atom stereocenters. The van der Waals surface area contributed by atoms with E-state index in [-0.39, 0.29) is 28.1 Å². The molecule has 0 saturated heterocycles. The zero-order chi connectivity index (χ0) is 20.4. The molecule has 1 aliphatic rings. The van der Waals surface area contributed by atoms with Gasteiger partial charge in [0.15, 0.2) is 5.75 Å². The van der Waals surface area contributed by atoms with Gasteiger partial charge in [0, 0.05) is 10.9 Å². The predicted molar refractivity (Wildman–Crippen MR) is 114 cm³/mol. The Morgan fingerprint density at radius 1 is 0.893 bits per heavy atom. The lowest BCUT2D eigenvalue weighted by atomic mass is 9.86. The van der Waals surface area contributed by atoms with Gasteiger partial charge in [-0.05, 0) is 46.2 Å². The molecule has 2 aromatic carbocycles. The minimum absolute atomic E-state index is 0.00459. The van der Waals surface area contributed by atoms with E-state index < -0.39 is 0 Å².